The van der Waals surface area contributed by atoms with Crippen LogP contribution in [0.3, 0.4) is 0 Å². The van der Waals surface area contributed by atoms with Crippen molar-refractivity contribution in [2.45, 2.75) is 25.4 Å². The maximum absolute atomic E-state index is 12.5. The number of aliphatic hydroxyl groups excluding tert-OH is 1. The highest BCUT2D eigenvalue weighted by molar-refractivity contribution is 7.99. The lowest BCUT2D eigenvalue weighted by Crippen LogP contribution is -2.49. The summed E-state index contributed by atoms with van der Waals surface area (Å²) in [5.74, 6) is 2.23. The predicted molar refractivity (Wildman–Crippen MR) is 87.4 cm³/mol. The molecule has 0 saturated carbocycles. The number of carbonyl (C=O) groups excluding carboxylic acids is 1. The summed E-state index contributed by atoms with van der Waals surface area (Å²) >= 11 is 1.94. The number of hydrogen-bond donors (Lipinski definition) is 2. The number of benzene rings is 1. The first-order chi connectivity index (χ1) is 10.2. The van der Waals surface area contributed by atoms with Gasteiger partial charge in [0.15, 0.2) is 0 Å². The van der Waals surface area contributed by atoms with Crippen LogP contribution in [0.2, 0.25) is 0 Å². The quantitative estimate of drug-likeness (QED) is 0.839. The minimum Gasteiger partial charge on any atom is -0.396 e. The molecule has 1 aliphatic rings. The maximum atomic E-state index is 12.5. The summed E-state index contributed by atoms with van der Waals surface area (Å²) < 4.78 is 0. The highest BCUT2D eigenvalue weighted by Gasteiger charge is 2.25. The largest absolute Gasteiger partial charge is 0.396 e. The molecule has 116 valence electrons. The van der Waals surface area contributed by atoms with E-state index in [-0.39, 0.29) is 24.6 Å². The monoisotopic (exact) mass is 308 g/mol. The van der Waals surface area contributed by atoms with Crippen molar-refractivity contribution in [2.24, 2.45) is 0 Å². The Bertz CT molecular complexity index is 435. The van der Waals surface area contributed by atoms with E-state index in [0.29, 0.717) is 6.42 Å². The van der Waals surface area contributed by atoms with Gasteiger partial charge >= 0.3 is 0 Å². The van der Waals surface area contributed by atoms with Crippen molar-refractivity contribution in [2.75, 3.05) is 31.2 Å². The number of nitrogens with one attached hydrogen (secondary N) is 1. The lowest BCUT2D eigenvalue weighted by Gasteiger charge is -2.32. The predicted octanol–water partition coefficient (Wildman–Crippen LogP) is 1.66. The molecule has 1 fully saturated rings. The number of aliphatic hydroxyl groups is 1. The molecular formula is C16H24N2O2S. The van der Waals surface area contributed by atoms with Crippen molar-refractivity contribution in [1.82, 2.24) is 10.2 Å². The average molecular weight is 308 g/mol. The molecule has 1 amide bonds. The third-order valence-corrected chi connectivity index (χ3v) is 4.85. The van der Waals surface area contributed by atoms with Gasteiger partial charge in [0.25, 0.3) is 0 Å². The Morgan fingerprint density at radius 1 is 1.33 bits per heavy atom. The standard InChI is InChI=1S/C16H24N2O2S/c1-13(18-8-11-21-12-9-18)16(20)17-15(7-10-19)14-5-3-2-4-6-14/h2-6,13,15,19H,7-12H2,1H3,(H,17,20)/t13-,15+/m0/s1. The van der Waals surface area contributed by atoms with Gasteiger partial charge in [0.1, 0.15) is 0 Å². The van der Waals surface area contributed by atoms with E-state index in [1.165, 1.54) is 0 Å². The minimum atomic E-state index is -0.120. The van der Waals surface area contributed by atoms with E-state index in [2.05, 4.69) is 10.2 Å². The Morgan fingerprint density at radius 2 is 2.00 bits per heavy atom. The molecule has 0 bridgehead atoms. The van der Waals surface area contributed by atoms with Crippen LogP contribution in [0.25, 0.3) is 0 Å². The molecule has 0 spiro atoms. The molecule has 2 rings (SSSR count). The molecule has 0 radical (unpaired) electrons. The lowest BCUT2D eigenvalue weighted by molar-refractivity contribution is -0.126. The van der Waals surface area contributed by atoms with E-state index in [4.69, 9.17) is 0 Å². The number of amides is 1. The molecule has 2 N–H and O–H groups in total. The van der Waals surface area contributed by atoms with Gasteiger partial charge in [-0.2, -0.15) is 11.8 Å². The fourth-order valence-corrected chi connectivity index (χ4v) is 3.49. The Labute approximate surface area is 130 Å². The number of carbonyl (C=O) groups is 1. The van der Waals surface area contributed by atoms with Gasteiger partial charge in [-0.25, -0.2) is 0 Å². The zero-order valence-corrected chi connectivity index (χ0v) is 13.3. The summed E-state index contributed by atoms with van der Waals surface area (Å²) in [7, 11) is 0. The molecule has 1 heterocycles. The first kappa shape index (κ1) is 16.3. The van der Waals surface area contributed by atoms with Gasteiger partial charge in [-0.15, -0.1) is 0 Å². The van der Waals surface area contributed by atoms with E-state index in [1.807, 2.05) is 49.0 Å². The first-order valence-corrected chi connectivity index (χ1v) is 8.66. The van der Waals surface area contributed by atoms with Crippen molar-refractivity contribution in [3.05, 3.63) is 35.9 Å². The molecule has 1 aromatic rings. The van der Waals surface area contributed by atoms with E-state index < -0.39 is 0 Å². The SMILES string of the molecule is C[C@@H](C(=O)N[C@H](CCO)c1ccccc1)N1CCSCC1. The van der Waals surface area contributed by atoms with Gasteiger partial charge in [0.2, 0.25) is 5.91 Å². The van der Waals surface area contributed by atoms with E-state index in [1.54, 1.807) is 0 Å². The van der Waals surface area contributed by atoms with Crippen LogP contribution >= 0.6 is 11.8 Å². The van der Waals surface area contributed by atoms with Crippen LogP contribution in [-0.2, 0) is 4.79 Å². The summed E-state index contributed by atoms with van der Waals surface area (Å²) in [4.78, 5) is 14.7. The molecule has 1 saturated heterocycles. The van der Waals surface area contributed by atoms with Crippen molar-refractivity contribution in [1.29, 1.82) is 0 Å². The fourth-order valence-electron chi connectivity index (χ4n) is 2.56. The van der Waals surface area contributed by atoms with E-state index in [0.717, 1.165) is 30.2 Å². The molecule has 0 aromatic heterocycles. The first-order valence-electron chi connectivity index (χ1n) is 7.50. The minimum absolute atomic E-state index is 0.0456. The van der Waals surface area contributed by atoms with Gasteiger partial charge in [0, 0.05) is 31.2 Å². The van der Waals surface area contributed by atoms with Gasteiger partial charge in [0.05, 0.1) is 12.1 Å². The molecule has 5 heteroatoms. The lowest BCUT2D eigenvalue weighted by atomic mass is 10.0. The van der Waals surface area contributed by atoms with Crippen LogP contribution in [0.4, 0.5) is 0 Å². The van der Waals surface area contributed by atoms with Gasteiger partial charge in [-0.1, -0.05) is 30.3 Å². The second kappa shape index (κ2) is 8.41. The van der Waals surface area contributed by atoms with Crippen molar-refractivity contribution in [3.8, 4) is 0 Å². The third kappa shape index (κ3) is 4.73. The highest BCUT2D eigenvalue weighted by Crippen LogP contribution is 2.18. The van der Waals surface area contributed by atoms with Gasteiger partial charge < -0.3 is 10.4 Å². The summed E-state index contributed by atoms with van der Waals surface area (Å²) in [6, 6.07) is 9.61. The second-order valence-corrected chi connectivity index (χ2v) is 6.53. The third-order valence-electron chi connectivity index (χ3n) is 3.91. The Hall–Kier alpha value is -1.04. The molecule has 2 atom stereocenters. The van der Waals surface area contributed by atoms with Crippen molar-refractivity contribution in [3.63, 3.8) is 0 Å². The molecule has 4 nitrogen and oxygen atoms in total. The fraction of sp³-hybridized carbons (Fsp3) is 0.562. The van der Waals surface area contributed by atoms with Crippen LogP contribution in [-0.4, -0.2) is 53.2 Å². The van der Waals surface area contributed by atoms with Crippen molar-refractivity contribution < 1.29 is 9.90 Å². The molecule has 1 aromatic carbocycles. The topological polar surface area (TPSA) is 52.6 Å². The Morgan fingerprint density at radius 3 is 2.62 bits per heavy atom. The summed E-state index contributed by atoms with van der Waals surface area (Å²) in [6.07, 6.45) is 0.540. The average Bonchev–Trinajstić information content (AvgIpc) is 2.55. The van der Waals surface area contributed by atoms with Crippen LogP contribution in [0, 0.1) is 0 Å². The molecule has 21 heavy (non-hydrogen) atoms. The van der Waals surface area contributed by atoms with Crippen LogP contribution in [0.1, 0.15) is 24.9 Å². The normalized spacial score (nSPS) is 19.0. The molecule has 0 unspecified atom stereocenters. The van der Waals surface area contributed by atoms with Crippen LogP contribution in [0.5, 0.6) is 0 Å². The number of nitrogens with zero attached hydrogens (tertiary/aromatic N) is 1. The zero-order chi connectivity index (χ0) is 15.1. The summed E-state index contributed by atoms with van der Waals surface area (Å²) in [5, 5.41) is 12.3. The number of hydrogen-bond acceptors (Lipinski definition) is 4. The Balaban J connectivity index is 1.97. The van der Waals surface area contributed by atoms with Crippen LogP contribution in [0.15, 0.2) is 30.3 Å². The number of rotatable bonds is 6. The zero-order valence-electron chi connectivity index (χ0n) is 12.5. The second-order valence-electron chi connectivity index (χ2n) is 5.31. The summed E-state index contributed by atoms with van der Waals surface area (Å²) in [6.45, 7) is 3.96. The Kier molecular flexibility index (Phi) is 6.54. The molecule has 0 aliphatic carbocycles. The van der Waals surface area contributed by atoms with Crippen molar-refractivity contribution >= 4 is 17.7 Å². The maximum Gasteiger partial charge on any atom is 0.237 e. The highest BCUT2D eigenvalue weighted by atomic mass is 32.2. The molecule has 1 aliphatic heterocycles. The van der Waals surface area contributed by atoms with Gasteiger partial charge in [-0.3, -0.25) is 9.69 Å². The summed E-state index contributed by atoms with van der Waals surface area (Å²) in [5.41, 5.74) is 1.04. The van der Waals surface area contributed by atoms with E-state index >= 15 is 0 Å². The number of thioether (sulfide) groups is 1. The molecular weight excluding hydrogens is 284 g/mol. The van der Waals surface area contributed by atoms with E-state index in [9.17, 15) is 9.90 Å². The smallest absolute Gasteiger partial charge is 0.237 e. The van der Waals surface area contributed by atoms with Gasteiger partial charge in [-0.05, 0) is 18.9 Å². The van der Waals surface area contributed by atoms with Crippen LogP contribution < -0.4 is 5.32 Å².